The highest BCUT2D eigenvalue weighted by Crippen LogP contribution is 2.33. The molecule has 0 radical (unpaired) electrons. The Morgan fingerprint density at radius 3 is 2.59 bits per heavy atom. The molecule has 0 bridgehead atoms. The predicted molar refractivity (Wildman–Crippen MR) is 67.3 cm³/mol. The largest absolute Gasteiger partial charge is 0.323 e. The van der Waals surface area contributed by atoms with Crippen LogP contribution in [0.1, 0.15) is 18.5 Å². The first kappa shape index (κ1) is 11.5. The van der Waals surface area contributed by atoms with Gasteiger partial charge in [-0.2, -0.15) is 0 Å². The van der Waals surface area contributed by atoms with Crippen molar-refractivity contribution in [3.63, 3.8) is 0 Å². The summed E-state index contributed by atoms with van der Waals surface area (Å²) in [5.41, 5.74) is 1.13. The number of terminal acetylenes is 1. The van der Waals surface area contributed by atoms with E-state index in [1.54, 1.807) is 9.80 Å². The minimum absolute atomic E-state index is 0.00398. The minimum Gasteiger partial charge on any atom is -0.323 e. The summed E-state index contributed by atoms with van der Waals surface area (Å²) < 4.78 is 0. The second-order valence-electron chi connectivity index (χ2n) is 4.32. The number of likely N-dealkylation sites (N-methyl/N-ethyl adjacent to an activating group) is 1. The van der Waals surface area contributed by atoms with Crippen LogP contribution < -0.4 is 0 Å². The van der Waals surface area contributed by atoms with Crippen LogP contribution in [0.5, 0.6) is 0 Å². The maximum atomic E-state index is 12.0. The van der Waals surface area contributed by atoms with Gasteiger partial charge in [0.15, 0.2) is 0 Å². The highest BCUT2D eigenvalue weighted by molar-refractivity contribution is 5.78. The van der Waals surface area contributed by atoms with E-state index in [2.05, 4.69) is 5.92 Å². The lowest BCUT2D eigenvalue weighted by Gasteiger charge is -2.23. The van der Waals surface area contributed by atoms with Gasteiger partial charge in [-0.3, -0.25) is 0 Å². The number of rotatable bonds is 2. The van der Waals surface area contributed by atoms with Crippen LogP contribution in [0.25, 0.3) is 0 Å². The van der Waals surface area contributed by atoms with E-state index in [1.807, 2.05) is 44.3 Å². The number of carbonyl (C=O) groups excluding carboxylic acids is 1. The number of benzene rings is 1. The monoisotopic (exact) mass is 228 g/mol. The highest BCUT2D eigenvalue weighted by Gasteiger charge is 2.41. The molecule has 1 heterocycles. The number of urea groups is 1. The average Bonchev–Trinajstić information content (AvgIpc) is 2.56. The van der Waals surface area contributed by atoms with E-state index in [0.717, 1.165) is 5.56 Å². The van der Waals surface area contributed by atoms with E-state index in [4.69, 9.17) is 6.42 Å². The number of hydrogen-bond acceptors (Lipinski definition) is 1. The van der Waals surface area contributed by atoms with Crippen molar-refractivity contribution < 1.29 is 4.79 Å². The Morgan fingerprint density at radius 2 is 2.00 bits per heavy atom. The molecule has 1 aromatic carbocycles. The fourth-order valence-electron chi connectivity index (χ4n) is 2.34. The van der Waals surface area contributed by atoms with Crippen LogP contribution in [0, 0.1) is 12.3 Å². The lowest BCUT2D eigenvalue weighted by Crippen LogP contribution is -2.31. The van der Waals surface area contributed by atoms with Gasteiger partial charge in [0.05, 0.1) is 18.6 Å². The molecular weight excluding hydrogens is 212 g/mol. The van der Waals surface area contributed by atoms with Crippen molar-refractivity contribution >= 4 is 6.03 Å². The van der Waals surface area contributed by atoms with Gasteiger partial charge in [-0.15, -0.1) is 6.42 Å². The number of carbonyl (C=O) groups is 1. The first-order valence-electron chi connectivity index (χ1n) is 5.68. The quantitative estimate of drug-likeness (QED) is 0.711. The van der Waals surface area contributed by atoms with Gasteiger partial charge in [-0.25, -0.2) is 4.79 Å². The van der Waals surface area contributed by atoms with Gasteiger partial charge >= 0.3 is 6.03 Å². The Morgan fingerprint density at radius 1 is 1.35 bits per heavy atom. The molecule has 0 aliphatic carbocycles. The average molecular weight is 228 g/mol. The number of amides is 2. The zero-order valence-corrected chi connectivity index (χ0v) is 10.1. The summed E-state index contributed by atoms with van der Waals surface area (Å²) in [6, 6.07) is 10.2. The molecule has 0 unspecified atom stereocenters. The molecular formula is C14H16N2O. The van der Waals surface area contributed by atoms with E-state index in [0.29, 0.717) is 6.54 Å². The van der Waals surface area contributed by atoms with Crippen LogP contribution in [0.2, 0.25) is 0 Å². The number of hydrogen-bond donors (Lipinski definition) is 0. The first-order chi connectivity index (χ1) is 8.16. The summed E-state index contributed by atoms with van der Waals surface area (Å²) in [7, 11) is 1.82. The van der Waals surface area contributed by atoms with Crippen LogP contribution in [-0.4, -0.2) is 35.5 Å². The third kappa shape index (κ3) is 1.87. The molecule has 1 aliphatic heterocycles. The van der Waals surface area contributed by atoms with Crippen molar-refractivity contribution in [2.45, 2.75) is 19.0 Å². The molecule has 88 valence electrons. The van der Waals surface area contributed by atoms with Crippen LogP contribution in [0.4, 0.5) is 4.79 Å². The van der Waals surface area contributed by atoms with Crippen LogP contribution >= 0.6 is 0 Å². The maximum Gasteiger partial charge on any atom is 0.321 e. The Balaban J connectivity index is 2.37. The van der Waals surface area contributed by atoms with Gasteiger partial charge in [0.25, 0.3) is 0 Å². The normalized spacial score (nSPS) is 23.9. The molecule has 3 heteroatoms. The minimum atomic E-state index is 0.00398. The van der Waals surface area contributed by atoms with Crippen molar-refractivity contribution in [1.82, 2.24) is 9.80 Å². The van der Waals surface area contributed by atoms with Crippen LogP contribution in [-0.2, 0) is 0 Å². The second-order valence-corrected chi connectivity index (χ2v) is 4.32. The summed E-state index contributed by atoms with van der Waals surface area (Å²) in [4.78, 5) is 15.5. The molecule has 1 saturated heterocycles. The zero-order valence-electron chi connectivity index (χ0n) is 10.1. The van der Waals surface area contributed by atoms with E-state index in [-0.39, 0.29) is 18.1 Å². The zero-order chi connectivity index (χ0) is 12.4. The summed E-state index contributed by atoms with van der Waals surface area (Å²) in [6.45, 7) is 2.40. The molecule has 0 saturated carbocycles. The van der Waals surface area contributed by atoms with Crippen LogP contribution in [0.3, 0.4) is 0 Å². The molecule has 0 N–H and O–H groups in total. The highest BCUT2D eigenvalue weighted by atomic mass is 16.2. The summed E-state index contributed by atoms with van der Waals surface area (Å²) in [5.74, 6) is 2.56. The van der Waals surface area contributed by atoms with E-state index in [1.165, 1.54) is 0 Å². The Bertz CT molecular complexity index is 449. The summed E-state index contributed by atoms with van der Waals surface area (Å²) in [6.07, 6.45) is 5.34. The van der Waals surface area contributed by atoms with Crippen molar-refractivity contribution in [2.75, 3.05) is 13.6 Å². The van der Waals surface area contributed by atoms with Gasteiger partial charge in [0.1, 0.15) is 0 Å². The smallest absolute Gasteiger partial charge is 0.321 e. The molecule has 2 rings (SSSR count). The third-order valence-electron chi connectivity index (χ3n) is 3.35. The molecule has 2 amide bonds. The molecule has 0 spiro atoms. The Hall–Kier alpha value is -1.95. The molecule has 2 atom stereocenters. The van der Waals surface area contributed by atoms with Crippen molar-refractivity contribution in [3.8, 4) is 12.3 Å². The van der Waals surface area contributed by atoms with Crippen molar-refractivity contribution in [3.05, 3.63) is 35.9 Å². The number of nitrogens with zero attached hydrogens (tertiary/aromatic N) is 2. The van der Waals surface area contributed by atoms with Gasteiger partial charge < -0.3 is 9.80 Å². The SMILES string of the molecule is C#CCN1C(=O)N(C)[C@@H](C)[C@H]1c1ccccc1. The van der Waals surface area contributed by atoms with Gasteiger partial charge in [0, 0.05) is 7.05 Å². The second kappa shape index (κ2) is 4.50. The summed E-state index contributed by atoms with van der Waals surface area (Å²) in [5, 5.41) is 0. The Labute approximate surface area is 102 Å². The van der Waals surface area contributed by atoms with Gasteiger partial charge in [0.2, 0.25) is 0 Å². The molecule has 3 nitrogen and oxygen atoms in total. The lowest BCUT2D eigenvalue weighted by atomic mass is 10.0. The lowest BCUT2D eigenvalue weighted by molar-refractivity contribution is 0.196. The first-order valence-corrected chi connectivity index (χ1v) is 5.68. The maximum absolute atomic E-state index is 12.0. The molecule has 1 aliphatic rings. The molecule has 1 aromatic rings. The summed E-state index contributed by atoms with van der Waals surface area (Å²) >= 11 is 0. The Kier molecular flexibility index (Phi) is 3.06. The van der Waals surface area contributed by atoms with Gasteiger partial charge in [-0.05, 0) is 12.5 Å². The standard InChI is InChI=1S/C14H16N2O/c1-4-10-16-13(11(2)15(3)14(16)17)12-8-6-5-7-9-12/h1,5-9,11,13H,10H2,2-3H3/t11-,13-/m0/s1. The topological polar surface area (TPSA) is 23.6 Å². The van der Waals surface area contributed by atoms with E-state index < -0.39 is 0 Å². The predicted octanol–water partition coefficient (Wildman–Crippen LogP) is 2.12. The fourth-order valence-corrected chi connectivity index (χ4v) is 2.34. The molecule has 1 fully saturated rings. The van der Waals surface area contributed by atoms with Crippen molar-refractivity contribution in [1.29, 1.82) is 0 Å². The fraction of sp³-hybridized carbons (Fsp3) is 0.357. The van der Waals surface area contributed by atoms with Gasteiger partial charge in [-0.1, -0.05) is 36.3 Å². The van der Waals surface area contributed by atoms with E-state index in [9.17, 15) is 4.79 Å². The van der Waals surface area contributed by atoms with Crippen LogP contribution in [0.15, 0.2) is 30.3 Å². The van der Waals surface area contributed by atoms with E-state index >= 15 is 0 Å². The van der Waals surface area contributed by atoms with Crippen molar-refractivity contribution in [2.24, 2.45) is 0 Å². The third-order valence-corrected chi connectivity index (χ3v) is 3.35. The molecule has 17 heavy (non-hydrogen) atoms. The molecule has 0 aromatic heterocycles.